The third-order valence-corrected chi connectivity index (χ3v) is 5.34. The standard InChI is InChI=1S/C21H34N4O4/c1-21(2,3)29-20(27)24-10-6-17(7-11-24)25-9-4-5-18(25)19(26)22-8-12-23-13-15-28-16-14-23/h4-5,9,17H,6-8,10-16H2,1-3H3,(H,22,26). The number of ether oxygens (including phenoxy) is 2. The van der Waals surface area contributed by atoms with E-state index in [0.29, 0.717) is 25.3 Å². The van der Waals surface area contributed by atoms with Gasteiger partial charge in [0.2, 0.25) is 0 Å². The van der Waals surface area contributed by atoms with Crippen molar-refractivity contribution >= 4 is 12.0 Å². The van der Waals surface area contributed by atoms with E-state index in [4.69, 9.17) is 9.47 Å². The van der Waals surface area contributed by atoms with Gasteiger partial charge in [-0.05, 0) is 45.7 Å². The van der Waals surface area contributed by atoms with Gasteiger partial charge in [-0.1, -0.05) is 0 Å². The van der Waals surface area contributed by atoms with Gasteiger partial charge in [0.1, 0.15) is 11.3 Å². The maximum atomic E-state index is 12.7. The van der Waals surface area contributed by atoms with E-state index in [1.807, 2.05) is 39.1 Å². The van der Waals surface area contributed by atoms with Crippen LogP contribution in [-0.2, 0) is 9.47 Å². The van der Waals surface area contributed by atoms with E-state index < -0.39 is 5.60 Å². The number of carbonyl (C=O) groups excluding carboxylic acids is 2. The van der Waals surface area contributed by atoms with Gasteiger partial charge < -0.3 is 24.3 Å². The van der Waals surface area contributed by atoms with Gasteiger partial charge in [0.05, 0.1) is 13.2 Å². The highest BCUT2D eigenvalue weighted by molar-refractivity contribution is 5.92. The summed E-state index contributed by atoms with van der Waals surface area (Å²) in [6.07, 6.45) is 3.32. The smallest absolute Gasteiger partial charge is 0.410 e. The fourth-order valence-corrected chi connectivity index (χ4v) is 3.80. The molecule has 0 radical (unpaired) electrons. The lowest BCUT2D eigenvalue weighted by molar-refractivity contribution is 0.0187. The molecule has 29 heavy (non-hydrogen) atoms. The highest BCUT2D eigenvalue weighted by atomic mass is 16.6. The lowest BCUT2D eigenvalue weighted by Crippen LogP contribution is -2.43. The molecule has 2 saturated heterocycles. The Morgan fingerprint density at radius 3 is 2.52 bits per heavy atom. The van der Waals surface area contributed by atoms with Crippen LogP contribution in [0, 0.1) is 0 Å². The van der Waals surface area contributed by atoms with Crippen LogP contribution in [0.2, 0.25) is 0 Å². The minimum Gasteiger partial charge on any atom is -0.444 e. The van der Waals surface area contributed by atoms with Gasteiger partial charge in [-0.3, -0.25) is 9.69 Å². The van der Waals surface area contributed by atoms with E-state index in [1.165, 1.54) is 0 Å². The number of nitrogens with zero attached hydrogens (tertiary/aromatic N) is 3. The summed E-state index contributed by atoms with van der Waals surface area (Å²) in [5.74, 6) is -0.0437. The van der Waals surface area contributed by atoms with E-state index in [2.05, 4.69) is 14.8 Å². The Bertz CT molecular complexity index is 683. The van der Waals surface area contributed by atoms with Crippen LogP contribution in [0.1, 0.15) is 50.1 Å². The molecular weight excluding hydrogens is 372 g/mol. The van der Waals surface area contributed by atoms with E-state index in [9.17, 15) is 9.59 Å². The zero-order valence-corrected chi connectivity index (χ0v) is 17.9. The average Bonchev–Trinajstić information content (AvgIpc) is 3.17. The van der Waals surface area contributed by atoms with Gasteiger partial charge in [0.15, 0.2) is 0 Å². The maximum Gasteiger partial charge on any atom is 0.410 e. The minimum absolute atomic E-state index is 0.0437. The van der Waals surface area contributed by atoms with E-state index in [-0.39, 0.29) is 18.0 Å². The van der Waals surface area contributed by atoms with Crippen molar-refractivity contribution in [1.82, 2.24) is 19.7 Å². The molecule has 0 aromatic carbocycles. The summed E-state index contributed by atoms with van der Waals surface area (Å²) in [5, 5.41) is 3.04. The number of nitrogens with one attached hydrogen (secondary N) is 1. The van der Waals surface area contributed by atoms with Crippen LogP contribution in [0.4, 0.5) is 4.79 Å². The SMILES string of the molecule is CC(C)(C)OC(=O)N1CCC(n2cccc2C(=O)NCCN2CCOCC2)CC1. The quantitative estimate of drug-likeness (QED) is 0.811. The Morgan fingerprint density at radius 1 is 1.17 bits per heavy atom. The van der Waals surface area contributed by atoms with E-state index in [0.717, 1.165) is 45.7 Å². The Balaban J connectivity index is 1.48. The minimum atomic E-state index is -0.485. The predicted molar refractivity (Wildman–Crippen MR) is 110 cm³/mol. The van der Waals surface area contributed by atoms with Crippen LogP contribution in [0.15, 0.2) is 18.3 Å². The number of carbonyl (C=O) groups is 2. The molecule has 0 atom stereocenters. The molecule has 8 heteroatoms. The summed E-state index contributed by atoms with van der Waals surface area (Å²) in [5.41, 5.74) is 0.198. The molecule has 0 spiro atoms. The second-order valence-electron chi connectivity index (χ2n) is 8.71. The Kier molecular flexibility index (Phi) is 7.18. The van der Waals surface area contributed by atoms with Crippen LogP contribution in [0.25, 0.3) is 0 Å². The fraction of sp³-hybridized carbons (Fsp3) is 0.714. The molecule has 0 aliphatic carbocycles. The second kappa shape index (κ2) is 9.63. The number of piperidine rings is 1. The molecular formula is C21H34N4O4. The molecule has 1 aromatic rings. The van der Waals surface area contributed by atoms with Gasteiger partial charge in [0.25, 0.3) is 5.91 Å². The molecule has 0 unspecified atom stereocenters. The number of aromatic nitrogens is 1. The molecule has 162 valence electrons. The number of morpholine rings is 1. The number of likely N-dealkylation sites (tertiary alicyclic amines) is 1. The monoisotopic (exact) mass is 406 g/mol. The van der Waals surface area contributed by atoms with E-state index >= 15 is 0 Å². The van der Waals surface area contributed by atoms with Crippen molar-refractivity contribution in [1.29, 1.82) is 0 Å². The lowest BCUT2D eigenvalue weighted by Gasteiger charge is -2.34. The summed E-state index contributed by atoms with van der Waals surface area (Å²) >= 11 is 0. The second-order valence-corrected chi connectivity index (χ2v) is 8.71. The first-order chi connectivity index (χ1) is 13.8. The summed E-state index contributed by atoms with van der Waals surface area (Å²) in [4.78, 5) is 29.0. The third kappa shape index (κ3) is 6.21. The first-order valence-corrected chi connectivity index (χ1v) is 10.6. The predicted octanol–water partition coefficient (Wildman–Crippen LogP) is 2.12. The maximum absolute atomic E-state index is 12.7. The summed E-state index contributed by atoms with van der Waals surface area (Å²) in [7, 11) is 0. The van der Waals surface area contributed by atoms with Gasteiger partial charge in [-0.15, -0.1) is 0 Å². The molecule has 1 N–H and O–H groups in total. The van der Waals surface area contributed by atoms with Crippen LogP contribution < -0.4 is 5.32 Å². The van der Waals surface area contributed by atoms with Crippen molar-refractivity contribution in [2.24, 2.45) is 0 Å². The molecule has 2 aliphatic heterocycles. The molecule has 2 amide bonds. The van der Waals surface area contributed by atoms with Crippen molar-refractivity contribution in [3.8, 4) is 0 Å². The number of hydrogen-bond donors (Lipinski definition) is 1. The van der Waals surface area contributed by atoms with Crippen LogP contribution in [0.5, 0.6) is 0 Å². The van der Waals surface area contributed by atoms with Crippen molar-refractivity contribution in [3.05, 3.63) is 24.0 Å². The number of rotatable bonds is 5. The van der Waals surface area contributed by atoms with Gasteiger partial charge in [0, 0.05) is 51.5 Å². The highest BCUT2D eigenvalue weighted by Crippen LogP contribution is 2.25. The average molecular weight is 407 g/mol. The molecule has 3 heterocycles. The fourth-order valence-electron chi connectivity index (χ4n) is 3.80. The third-order valence-electron chi connectivity index (χ3n) is 5.34. The van der Waals surface area contributed by atoms with Gasteiger partial charge >= 0.3 is 6.09 Å². The zero-order chi connectivity index (χ0) is 20.9. The van der Waals surface area contributed by atoms with Crippen molar-refractivity contribution in [2.75, 3.05) is 52.5 Å². The first kappa shape index (κ1) is 21.6. The van der Waals surface area contributed by atoms with Crippen LogP contribution in [-0.4, -0.2) is 84.5 Å². The lowest BCUT2D eigenvalue weighted by atomic mass is 10.0. The molecule has 2 fully saturated rings. The Hall–Kier alpha value is -2.06. The number of hydrogen-bond acceptors (Lipinski definition) is 5. The van der Waals surface area contributed by atoms with Crippen molar-refractivity contribution in [2.45, 2.75) is 45.3 Å². The molecule has 2 aliphatic rings. The molecule has 8 nitrogen and oxygen atoms in total. The summed E-state index contributed by atoms with van der Waals surface area (Å²) in [6, 6.07) is 3.99. The molecule has 3 rings (SSSR count). The Morgan fingerprint density at radius 2 is 1.86 bits per heavy atom. The summed E-state index contributed by atoms with van der Waals surface area (Å²) < 4.78 is 12.9. The topological polar surface area (TPSA) is 76.0 Å². The van der Waals surface area contributed by atoms with Gasteiger partial charge in [-0.2, -0.15) is 0 Å². The van der Waals surface area contributed by atoms with Crippen LogP contribution >= 0.6 is 0 Å². The number of amides is 2. The molecule has 0 saturated carbocycles. The van der Waals surface area contributed by atoms with Gasteiger partial charge in [-0.25, -0.2) is 4.79 Å². The highest BCUT2D eigenvalue weighted by Gasteiger charge is 2.28. The van der Waals surface area contributed by atoms with E-state index in [1.54, 1.807) is 4.90 Å². The van der Waals surface area contributed by atoms with Crippen molar-refractivity contribution < 1.29 is 19.1 Å². The first-order valence-electron chi connectivity index (χ1n) is 10.6. The Labute approximate surface area is 173 Å². The largest absolute Gasteiger partial charge is 0.444 e. The zero-order valence-electron chi connectivity index (χ0n) is 17.9. The summed E-state index contributed by atoms with van der Waals surface area (Å²) in [6.45, 7) is 11.7. The molecule has 1 aromatic heterocycles. The van der Waals surface area contributed by atoms with Crippen molar-refractivity contribution in [3.63, 3.8) is 0 Å². The molecule has 0 bridgehead atoms. The normalized spacial score (nSPS) is 19.2. The van der Waals surface area contributed by atoms with Crippen LogP contribution in [0.3, 0.4) is 0 Å².